The highest BCUT2D eigenvalue weighted by Gasteiger charge is 2.18. The molecule has 0 heterocycles. The van der Waals surface area contributed by atoms with Crippen molar-refractivity contribution in [3.63, 3.8) is 0 Å². The molecule has 2 N–H and O–H groups in total. The summed E-state index contributed by atoms with van der Waals surface area (Å²) in [6.45, 7) is 0. The fraction of sp³-hybridized carbons (Fsp3) is 0.571. The zero-order valence-corrected chi connectivity index (χ0v) is 12.0. The summed E-state index contributed by atoms with van der Waals surface area (Å²) in [6, 6.07) is 6.76. The molecule has 0 aromatic heterocycles. The van der Waals surface area contributed by atoms with Crippen LogP contribution < -0.4 is 10.6 Å². The Balaban J connectivity index is 2.14. The van der Waals surface area contributed by atoms with Gasteiger partial charge in [0, 0.05) is 23.2 Å². The van der Waals surface area contributed by atoms with Gasteiger partial charge in [0.25, 0.3) is 0 Å². The Labute approximate surface area is 112 Å². The number of rotatable bonds is 2. The van der Waals surface area contributed by atoms with Crippen molar-refractivity contribution in [2.24, 2.45) is 0 Å². The van der Waals surface area contributed by atoms with Crippen molar-refractivity contribution < 1.29 is 0 Å². The van der Waals surface area contributed by atoms with Crippen LogP contribution in [0.1, 0.15) is 38.5 Å². The first kappa shape index (κ1) is 12.7. The first-order valence-electron chi connectivity index (χ1n) is 6.46. The van der Waals surface area contributed by atoms with Crippen LogP contribution in [0.3, 0.4) is 0 Å². The highest BCUT2D eigenvalue weighted by molar-refractivity contribution is 9.10. The van der Waals surface area contributed by atoms with Crippen LogP contribution in [0, 0.1) is 0 Å². The van der Waals surface area contributed by atoms with Crippen LogP contribution in [-0.2, 0) is 0 Å². The largest absolute Gasteiger partial charge is 0.399 e. The fourth-order valence-electron chi connectivity index (χ4n) is 2.65. The quantitative estimate of drug-likeness (QED) is 0.655. The van der Waals surface area contributed by atoms with Gasteiger partial charge in [0.05, 0.1) is 5.69 Å². The average Bonchev–Trinajstić information content (AvgIpc) is 2.56. The van der Waals surface area contributed by atoms with Gasteiger partial charge in [-0.25, -0.2) is 0 Å². The molecule has 0 unspecified atom stereocenters. The lowest BCUT2D eigenvalue weighted by Crippen LogP contribution is -2.31. The molecule has 1 aliphatic rings. The summed E-state index contributed by atoms with van der Waals surface area (Å²) in [5.74, 6) is 0. The Kier molecular flexibility index (Phi) is 4.32. The summed E-state index contributed by atoms with van der Waals surface area (Å²) in [6.07, 6.45) is 8.14. The van der Waals surface area contributed by atoms with Crippen LogP contribution in [0.5, 0.6) is 0 Å². The van der Waals surface area contributed by atoms with Crippen molar-refractivity contribution in [3.05, 3.63) is 22.7 Å². The maximum atomic E-state index is 5.78. The maximum Gasteiger partial charge on any atom is 0.0512 e. The van der Waals surface area contributed by atoms with Crippen molar-refractivity contribution in [2.75, 3.05) is 17.7 Å². The zero-order valence-electron chi connectivity index (χ0n) is 10.5. The van der Waals surface area contributed by atoms with Gasteiger partial charge in [-0.05, 0) is 47.0 Å². The van der Waals surface area contributed by atoms with Crippen LogP contribution in [0.4, 0.5) is 11.4 Å². The Morgan fingerprint density at radius 1 is 1.18 bits per heavy atom. The van der Waals surface area contributed by atoms with E-state index >= 15 is 0 Å². The highest BCUT2D eigenvalue weighted by atomic mass is 79.9. The SMILES string of the molecule is CN(c1ccc(N)cc1Br)C1CCCCCC1. The normalized spacial score (nSPS) is 17.8. The van der Waals surface area contributed by atoms with E-state index in [4.69, 9.17) is 5.73 Å². The molecule has 3 heteroatoms. The minimum Gasteiger partial charge on any atom is -0.399 e. The van der Waals surface area contributed by atoms with E-state index in [1.165, 1.54) is 44.2 Å². The number of hydrogen-bond acceptors (Lipinski definition) is 2. The topological polar surface area (TPSA) is 29.3 Å². The number of halogens is 1. The van der Waals surface area contributed by atoms with Crippen molar-refractivity contribution in [1.82, 2.24) is 0 Å². The maximum absolute atomic E-state index is 5.78. The minimum atomic E-state index is 0.678. The van der Waals surface area contributed by atoms with Crippen LogP contribution in [-0.4, -0.2) is 13.1 Å². The average molecular weight is 297 g/mol. The lowest BCUT2D eigenvalue weighted by Gasteiger charge is -2.30. The summed E-state index contributed by atoms with van der Waals surface area (Å²) < 4.78 is 1.10. The molecule has 0 aliphatic heterocycles. The van der Waals surface area contributed by atoms with E-state index in [-0.39, 0.29) is 0 Å². The summed E-state index contributed by atoms with van der Waals surface area (Å²) in [5, 5.41) is 0. The Hall–Kier alpha value is -0.700. The number of benzene rings is 1. The van der Waals surface area contributed by atoms with Gasteiger partial charge in [-0.2, -0.15) is 0 Å². The molecular formula is C14H21BrN2. The number of nitrogens with zero attached hydrogens (tertiary/aromatic N) is 1. The minimum absolute atomic E-state index is 0.678. The predicted molar refractivity (Wildman–Crippen MR) is 78.4 cm³/mol. The van der Waals surface area contributed by atoms with E-state index in [0.717, 1.165) is 10.2 Å². The van der Waals surface area contributed by atoms with Crippen LogP contribution in [0.2, 0.25) is 0 Å². The third-order valence-electron chi connectivity index (χ3n) is 3.72. The molecule has 2 nitrogen and oxygen atoms in total. The second-order valence-corrected chi connectivity index (χ2v) is 5.82. The molecule has 94 valence electrons. The number of anilines is 2. The van der Waals surface area contributed by atoms with Gasteiger partial charge in [0.15, 0.2) is 0 Å². The van der Waals surface area contributed by atoms with E-state index in [1.807, 2.05) is 12.1 Å². The van der Waals surface area contributed by atoms with E-state index in [0.29, 0.717) is 6.04 Å². The van der Waals surface area contributed by atoms with Crippen LogP contribution >= 0.6 is 15.9 Å². The molecule has 0 saturated heterocycles. The Morgan fingerprint density at radius 3 is 2.41 bits per heavy atom. The Morgan fingerprint density at radius 2 is 1.82 bits per heavy atom. The van der Waals surface area contributed by atoms with E-state index in [9.17, 15) is 0 Å². The molecule has 0 spiro atoms. The van der Waals surface area contributed by atoms with Gasteiger partial charge in [-0.3, -0.25) is 0 Å². The lowest BCUT2D eigenvalue weighted by molar-refractivity contribution is 0.552. The molecule has 1 saturated carbocycles. The molecule has 0 radical (unpaired) electrons. The number of nitrogens with two attached hydrogens (primary N) is 1. The molecule has 0 amide bonds. The molecular weight excluding hydrogens is 276 g/mol. The van der Waals surface area contributed by atoms with Gasteiger partial charge in [0.1, 0.15) is 0 Å². The fourth-order valence-corrected chi connectivity index (χ4v) is 3.33. The standard InChI is InChI=1S/C14H21BrN2/c1-17(12-6-4-2-3-5-7-12)14-9-8-11(16)10-13(14)15/h8-10,12H,2-7,16H2,1H3. The second kappa shape index (κ2) is 5.76. The van der Waals surface area contributed by atoms with Gasteiger partial charge in [-0.15, -0.1) is 0 Å². The molecule has 1 aromatic rings. The molecule has 1 fully saturated rings. The zero-order chi connectivity index (χ0) is 12.3. The van der Waals surface area contributed by atoms with E-state index < -0.39 is 0 Å². The number of nitrogen functional groups attached to an aromatic ring is 1. The lowest BCUT2D eigenvalue weighted by atomic mass is 10.1. The van der Waals surface area contributed by atoms with Crippen LogP contribution in [0.15, 0.2) is 22.7 Å². The predicted octanol–water partition coefficient (Wildman–Crippen LogP) is 4.19. The molecule has 2 rings (SSSR count). The smallest absolute Gasteiger partial charge is 0.0512 e. The highest BCUT2D eigenvalue weighted by Crippen LogP contribution is 2.32. The monoisotopic (exact) mass is 296 g/mol. The van der Waals surface area contributed by atoms with E-state index in [1.54, 1.807) is 0 Å². The van der Waals surface area contributed by atoms with Gasteiger partial charge in [0.2, 0.25) is 0 Å². The molecule has 1 aromatic carbocycles. The van der Waals surface area contributed by atoms with Crippen LogP contribution in [0.25, 0.3) is 0 Å². The van der Waals surface area contributed by atoms with Crippen molar-refractivity contribution >= 4 is 27.3 Å². The summed E-state index contributed by atoms with van der Waals surface area (Å²) >= 11 is 3.61. The summed E-state index contributed by atoms with van der Waals surface area (Å²) in [4.78, 5) is 2.41. The number of hydrogen-bond donors (Lipinski definition) is 1. The molecule has 0 bridgehead atoms. The van der Waals surface area contributed by atoms with Crippen molar-refractivity contribution in [1.29, 1.82) is 0 Å². The van der Waals surface area contributed by atoms with E-state index in [2.05, 4.69) is 33.9 Å². The third-order valence-corrected chi connectivity index (χ3v) is 4.36. The summed E-state index contributed by atoms with van der Waals surface area (Å²) in [7, 11) is 2.20. The third kappa shape index (κ3) is 3.15. The van der Waals surface area contributed by atoms with Crippen molar-refractivity contribution in [2.45, 2.75) is 44.6 Å². The summed E-state index contributed by atoms with van der Waals surface area (Å²) in [5.41, 5.74) is 7.85. The van der Waals surface area contributed by atoms with Gasteiger partial charge >= 0.3 is 0 Å². The first-order valence-corrected chi connectivity index (χ1v) is 7.25. The van der Waals surface area contributed by atoms with Crippen molar-refractivity contribution in [3.8, 4) is 0 Å². The molecule has 1 aliphatic carbocycles. The molecule has 0 atom stereocenters. The Bertz CT molecular complexity index is 370. The van der Waals surface area contributed by atoms with Gasteiger partial charge in [-0.1, -0.05) is 25.7 Å². The second-order valence-electron chi connectivity index (χ2n) is 4.97. The first-order chi connectivity index (χ1) is 8.18. The van der Waals surface area contributed by atoms with Gasteiger partial charge < -0.3 is 10.6 Å². The molecule has 17 heavy (non-hydrogen) atoms.